The molecule has 2 fully saturated rings. The molecule has 0 radical (unpaired) electrons. The molecule has 0 spiro atoms. The average molecular weight is 195 g/mol. The highest BCUT2D eigenvalue weighted by atomic mass is 16.1. The lowest BCUT2D eigenvalue weighted by atomic mass is 9.89. The molecule has 2 aliphatic rings. The Morgan fingerprint density at radius 2 is 2.00 bits per heavy atom. The fourth-order valence-corrected chi connectivity index (χ4v) is 2.65. The first kappa shape index (κ1) is 10.2. The van der Waals surface area contributed by atoms with Crippen LogP contribution in [-0.4, -0.2) is 29.3 Å². The first-order valence-electron chi connectivity index (χ1n) is 5.89. The molecule has 0 aromatic rings. The molecule has 2 nitrogen and oxygen atoms in total. The molecule has 1 saturated carbocycles. The van der Waals surface area contributed by atoms with Crippen LogP contribution < -0.4 is 0 Å². The van der Waals surface area contributed by atoms with E-state index in [1.165, 1.54) is 12.8 Å². The molecule has 0 aromatic carbocycles. The number of nitrogens with zero attached hydrogens (tertiary/aromatic N) is 1. The Morgan fingerprint density at radius 3 is 2.57 bits per heavy atom. The van der Waals surface area contributed by atoms with Crippen molar-refractivity contribution in [2.24, 2.45) is 11.8 Å². The van der Waals surface area contributed by atoms with Gasteiger partial charge in [0.1, 0.15) is 5.78 Å². The SMILES string of the molecule is CC1C(=O)CCN(C(C)C2CC2)C1C. The van der Waals surface area contributed by atoms with Crippen molar-refractivity contribution in [1.29, 1.82) is 0 Å². The molecule has 2 rings (SSSR count). The lowest BCUT2D eigenvalue weighted by Gasteiger charge is -2.41. The van der Waals surface area contributed by atoms with Crippen LogP contribution in [0.15, 0.2) is 0 Å². The van der Waals surface area contributed by atoms with Gasteiger partial charge in [0.15, 0.2) is 0 Å². The summed E-state index contributed by atoms with van der Waals surface area (Å²) in [5, 5.41) is 0. The van der Waals surface area contributed by atoms with E-state index in [1.54, 1.807) is 0 Å². The zero-order valence-corrected chi connectivity index (χ0v) is 9.49. The number of likely N-dealkylation sites (tertiary alicyclic amines) is 1. The highest BCUT2D eigenvalue weighted by molar-refractivity contribution is 5.82. The van der Waals surface area contributed by atoms with Gasteiger partial charge in [0.25, 0.3) is 0 Å². The summed E-state index contributed by atoms with van der Waals surface area (Å²) in [7, 11) is 0. The van der Waals surface area contributed by atoms with Crippen molar-refractivity contribution in [3.05, 3.63) is 0 Å². The smallest absolute Gasteiger partial charge is 0.138 e. The maximum Gasteiger partial charge on any atom is 0.138 e. The summed E-state index contributed by atoms with van der Waals surface area (Å²) in [6.45, 7) is 7.61. The molecule has 3 unspecified atom stereocenters. The molecule has 80 valence electrons. The minimum Gasteiger partial charge on any atom is -0.299 e. The van der Waals surface area contributed by atoms with Crippen molar-refractivity contribution >= 4 is 5.78 Å². The van der Waals surface area contributed by atoms with Crippen molar-refractivity contribution in [1.82, 2.24) is 4.90 Å². The number of ketones is 1. The molecule has 1 aliphatic heterocycles. The average Bonchev–Trinajstić information content (AvgIpc) is 2.97. The number of Topliss-reactive ketones (excluding diaryl/α,β-unsaturated/α-hetero) is 1. The van der Waals surface area contributed by atoms with Crippen LogP contribution >= 0.6 is 0 Å². The van der Waals surface area contributed by atoms with Crippen molar-refractivity contribution in [3.8, 4) is 0 Å². The maximum atomic E-state index is 11.5. The van der Waals surface area contributed by atoms with Gasteiger partial charge in [-0.1, -0.05) is 6.92 Å². The van der Waals surface area contributed by atoms with E-state index >= 15 is 0 Å². The van der Waals surface area contributed by atoms with Crippen molar-refractivity contribution in [2.45, 2.75) is 52.1 Å². The molecule has 1 aliphatic carbocycles. The third-order valence-electron chi connectivity index (χ3n) is 4.20. The van der Waals surface area contributed by atoms with Crippen LogP contribution in [0.5, 0.6) is 0 Å². The van der Waals surface area contributed by atoms with Crippen LogP contribution in [0.25, 0.3) is 0 Å². The first-order valence-corrected chi connectivity index (χ1v) is 5.89. The van der Waals surface area contributed by atoms with E-state index in [0.29, 0.717) is 17.9 Å². The van der Waals surface area contributed by atoms with Crippen molar-refractivity contribution in [3.63, 3.8) is 0 Å². The van der Waals surface area contributed by atoms with E-state index in [0.717, 1.165) is 18.9 Å². The van der Waals surface area contributed by atoms with Crippen molar-refractivity contribution in [2.75, 3.05) is 6.54 Å². The lowest BCUT2D eigenvalue weighted by molar-refractivity contribution is -0.128. The Bertz CT molecular complexity index is 234. The molecule has 2 heteroatoms. The van der Waals surface area contributed by atoms with Crippen LogP contribution in [-0.2, 0) is 4.79 Å². The third kappa shape index (κ3) is 1.72. The predicted octanol–water partition coefficient (Wildman–Crippen LogP) is 2.08. The van der Waals surface area contributed by atoms with Gasteiger partial charge < -0.3 is 0 Å². The van der Waals surface area contributed by atoms with Gasteiger partial charge in [-0.2, -0.15) is 0 Å². The Hall–Kier alpha value is -0.370. The lowest BCUT2D eigenvalue weighted by Crippen LogP contribution is -2.51. The standard InChI is InChI=1S/C12H21NO/c1-8-9(2)13(7-6-12(8)14)10(3)11-4-5-11/h8-11H,4-7H2,1-3H3. The van der Waals surface area contributed by atoms with Crippen LogP contribution in [0.4, 0.5) is 0 Å². The van der Waals surface area contributed by atoms with Gasteiger partial charge in [-0.3, -0.25) is 9.69 Å². The number of hydrogen-bond donors (Lipinski definition) is 0. The fraction of sp³-hybridized carbons (Fsp3) is 0.917. The minimum atomic E-state index is 0.241. The monoisotopic (exact) mass is 195 g/mol. The molecule has 14 heavy (non-hydrogen) atoms. The Morgan fingerprint density at radius 1 is 1.36 bits per heavy atom. The molecular formula is C12H21NO. The second kappa shape index (κ2) is 3.65. The minimum absolute atomic E-state index is 0.241. The van der Waals surface area contributed by atoms with Crippen LogP contribution in [0.3, 0.4) is 0 Å². The van der Waals surface area contributed by atoms with Crippen LogP contribution in [0, 0.1) is 11.8 Å². The summed E-state index contributed by atoms with van der Waals surface area (Å²) in [6, 6.07) is 1.15. The molecule has 0 amide bonds. The second-order valence-electron chi connectivity index (χ2n) is 5.06. The predicted molar refractivity (Wildman–Crippen MR) is 57.1 cm³/mol. The Balaban J connectivity index is 2.01. The van der Waals surface area contributed by atoms with E-state index in [1.807, 2.05) is 0 Å². The van der Waals surface area contributed by atoms with Gasteiger partial charge in [0.05, 0.1) is 0 Å². The van der Waals surface area contributed by atoms with Gasteiger partial charge in [0.2, 0.25) is 0 Å². The van der Waals surface area contributed by atoms with Gasteiger partial charge in [-0.05, 0) is 32.6 Å². The summed E-state index contributed by atoms with van der Waals surface area (Å²) in [5.74, 6) is 1.61. The Labute approximate surface area is 86.7 Å². The summed E-state index contributed by atoms with van der Waals surface area (Å²) < 4.78 is 0. The summed E-state index contributed by atoms with van der Waals surface area (Å²) in [6.07, 6.45) is 3.56. The van der Waals surface area contributed by atoms with E-state index in [9.17, 15) is 4.79 Å². The van der Waals surface area contributed by atoms with Gasteiger partial charge >= 0.3 is 0 Å². The Kier molecular flexibility index (Phi) is 2.65. The maximum absolute atomic E-state index is 11.5. The van der Waals surface area contributed by atoms with Crippen LogP contribution in [0.2, 0.25) is 0 Å². The normalized spacial score (nSPS) is 37.2. The van der Waals surface area contributed by atoms with E-state index in [4.69, 9.17) is 0 Å². The molecule has 3 atom stereocenters. The molecule has 1 heterocycles. The highest BCUT2D eigenvalue weighted by Crippen LogP contribution is 2.37. The molecular weight excluding hydrogens is 174 g/mol. The second-order valence-corrected chi connectivity index (χ2v) is 5.06. The molecule has 1 saturated heterocycles. The quantitative estimate of drug-likeness (QED) is 0.672. The zero-order valence-electron chi connectivity index (χ0n) is 9.49. The third-order valence-corrected chi connectivity index (χ3v) is 4.20. The van der Waals surface area contributed by atoms with Gasteiger partial charge in [-0.25, -0.2) is 0 Å². The summed E-state index contributed by atoms with van der Waals surface area (Å²) in [4.78, 5) is 14.1. The largest absolute Gasteiger partial charge is 0.299 e. The summed E-state index contributed by atoms with van der Waals surface area (Å²) in [5.41, 5.74) is 0. The van der Waals surface area contributed by atoms with E-state index in [2.05, 4.69) is 25.7 Å². The number of carbonyl (C=O) groups excluding carboxylic acids is 1. The zero-order chi connectivity index (χ0) is 10.3. The van der Waals surface area contributed by atoms with Gasteiger partial charge in [-0.15, -0.1) is 0 Å². The van der Waals surface area contributed by atoms with Crippen molar-refractivity contribution < 1.29 is 4.79 Å². The topological polar surface area (TPSA) is 20.3 Å². The molecule has 0 aromatic heterocycles. The number of carbonyl (C=O) groups is 1. The summed E-state index contributed by atoms with van der Waals surface area (Å²) >= 11 is 0. The van der Waals surface area contributed by atoms with Gasteiger partial charge in [0, 0.05) is 31.0 Å². The number of rotatable bonds is 2. The van der Waals surface area contributed by atoms with Crippen LogP contribution in [0.1, 0.15) is 40.0 Å². The van der Waals surface area contributed by atoms with E-state index < -0.39 is 0 Å². The highest BCUT2D eigenvalue weighted by Gasteiger charge is 2.38. The number of hydrogen-bond acceptors (Lipinski definition) is 2. The molecule has 0 bridgehead atoms. The fourth-order valence-electron chi connectivity index (χ4n) is 2.65. The first-order chi connectivity index (χ1) is 6.61. The number of piperidine rings is 1. The van der Waals surface area contributed by atoms with E-state index in [-0.39, 0.29) is 5.92 Å². The molecule has 0 N–H and O–H groups in total.